The minimum Gasteiger partial charge on any atom is -0.396 e. The molecular formula is C10H22N2O. The molecule has 1 aliphatic rings. The molecule has 0 spiro atoms. The van der Waals surface area contributed by atoms with E-state index < -0.39 is 0 Å². The van der Waals surface area contributed by atoms with Crippen molar-refractivity contribution >= 4 is 0 Å². The zero-order valence-electron chi connectivity index (χ0n) is 8.63. The van der Waals surface area contributed by atoms with Gasteiger partial charge < -0.3 is 15.3 Å². The lowest BCUT2D eigenvalue weighted by Gasteiger charge is -2.15. The average Bonchev–Trinajstić information content (AvgIpc) is 2.54. The summed E-state index contributed by atoms with van der Waals surface area (Å²) >= 11 is 0. The smallest absolute Gasteiger partial charge is 0.0434 e. The van der Waals surface area contributed by atoms with E-state index in [1.807, 2.05) is 7.05 Å². The van der Waals surface area contributed by atoms with Gasteiger partial charge in [0, 0.05) is 13.2 Å². The summed E-state index contributed by atoms with van der Waals surface area (Å²) < 4.78 is 0. The van der Waals surface area contributed by atoms with Gasteiger partial charge in [0.25, 0.3) is 0 Å². The second-order valence-corrected chi connectivity index (χ2v) is 3.92. The van der Waals surface area contributed by atoms with Crippen LogP contribution in [0.5, 0.6) is 0 Å². The van der Waals surface area contributed by atoms with Gasteiger partial charge in [0.1, 0.15) is 0 Å². The third-order valence-electron chi connectivity index (χ3n) is 2.81. The summed E-state index contributed by atoms with van der Waals surface area (Å²) in [5.74, 6) is 0.750. The highest BCUT2D eigenvalue weighted by molar-refractivity contribution is 4.75. The largest absolute Gasteiger partial charge is 0.396 e. The lowest BCUT2D eigenvalue weighted by atomic mass is 10.1. The molecule has 3 heteroatoms. The van der Waals surface area contributed by atoms with Gasteiger partial charge in [-0.1, -0.05) is 0 Å². The van der Waals surface area contributed by atoms with Crippen LogP contribution in [0.15, 0.2) is 0 Å². The first kappa shape index (κ1) is 11.0. The second-order valence-electron chi connectivity index (χ2n) is 3.92. The molecule has 3 nitrogen and oxygen atoms in total. The fraction of sp³-hybridized carbons (Fsp3) is 1.00. The lowest BCUT2D eigenvalue weighted by molar-refractivity contribution is 0.250. The third kappa shape index (κ3) is 4.07. The molecule has 0 saturated carbocycles. The Morgan fingerprint density at radius 3 is 3.08 bits per heavy atom. The molecule has 13 heavy (non-hydrogen) atoms. The van der Waals surface area contributed by atoms with Crippen molar-refractivity contribution in [3.05, 3.63) is 0 Å². The molecule has 0 bridgehead atoms. The van der Waals surface area contributed by atoms with E-state index >= 15 is 0 Å². The van der Waals surface area contributed by atoms with Crippen LogP contribution in [0.1, 0.15) is 19.3 Å². The van der Waals surface area contributed by atoms with E-state index in [0.29, 0.717) is 6.61 Å². The molecule has 0 aromatic carbocycles. The van der Waals surface area contributed by atoms with Crippen LogP contribution >= 0.6 is 0 Å². The molecular weight excluding hydrogens is 164 g/mol. The summed E-state index contributed by atoms with van der Waals surface area (Å²) in [6.07, 6.45) is 3.50. The van der Waals surface area contributed by atoms with Crippen molar-refractivity contribution in [1.29, 1.82) is 0 Å². The van der Waals surface area contributed by atoms with Crippen molar-refractivity contribution in [2.75, 3.05) is 39.8 Å². The topological polar surface area (TPSA) is 35.5 Å². The quantitative estimate of drug-likeness (QED) is 0.586. The van der Waals surface area contributed by atoms with Crippen LogP contribution in [0.3, 0.4) is 0 Å². The molecule has 0 aromatic heterocycles. The van der Waals surface area contributed by atoms with Gasteiger partial charge in [0.2, 0.25) is 0 Å². The molecule has 1 fully saturated rings. The van der Waals surface area contributed by atoms with Crippen molar-refractivity contribution in [3.63, 3.8) is 0 Å². The molecule has 1 aliphatic heterocycles. The molecule has 1 rings (SSSR count). The first-order chi connectivity index (χ1) is 6.36. The predicted octanol–water partition coefficient (Wildman–Crippen LogP) is 0.300. The lowest BCUT2D eigenvalue weighted by Crippen LogP contribution is -2.24. The van der Waals surface area contributed by atoms with Gasteiger partial charge in [-0.05, 0) is 51.9 Å². The Kier molecular flexibility index (Phi) is 5.35. The molecule has 78 valence electrons. The number of nitrogens with one attached hydrogen (secondary N) is 1. The fourth-order valence-electron chi connectivity index (χ4n) is 2.01. The normalized spacial score (nSPS) is 24.0. The van der Waals surface area contributed by atoms with Crippen LogP contribution in [0.2, 0.25) is 0 Å². The Morgan fingerprint density at radius 2 is 2.38 bits per heavy atom. The number of hydrogen-bond donors (Lipinski definition) is 2. The molecule has 0 aliphatic carbocycles. The van der Waals surface area contributed by atoms with Crippen LogP contribution in [0.4, 0.5) is 0 Å². The highest BCUT2D eigenvalue weighted by Gasteiger charge is 2.20. The maximum Gasteiger partial charge on any atom is 0.0434 e. The van der Waals surface area contributed by atoms with Gasteiger partial charge in [-0.15, -0.1) is 0 Å². The number of likely N-dealkylation sites (tertiary alicyclic amines) is 1. The fourth-order valence-corrected chi connectivity index (χ4v) is 2.01. The van der Waals surface area contributed by atoms with E-state index in [-0.39, 0.29) is 0 Å². The van der Waals surface area contributed by atoms with Gasteiger partial charge in [0.05, 0.1) is 0 Å². The van der Waals surface area contributed by atoms with Crippen LogP contribution < -0.4 is 5.32 Å². The van der Waals surface area contributed by atoms with E-state index in [4.69, 9.17) is 5.11 Å². The molecule has 1 atom stereocenters. The molecule has 1 unspecified atom stereocenters. The van der Waals surface area contributed by atoms with E-state index in [1.54, 1.807) is 0 Å². The SMILES string of the molecule is CNCCCN1CCC(CCO)C1. The Bertz CT molecular complexity index is 130. The zero-order valence-corrected chi connectivity index (χ0v) is 8.63. The summed E-state index contributed by atoms with van der Waals surface area (Å²) in [5.41, 5.74) is 0. The number of aliphatic hydroxyl groups excluding tert-OH is 1. The number of hydrogen-bond acceptors (Lipinski definition) is 3. The van der Waals surface area contributed by atoms with E-state index in [9.17, 15) is 0 Å². The summed E-state index contributed by atoms with van der Waals surface area (Å²) in [6, 6.07) is 0. The summed E-state index contributed by atoms with van der Waals surface area (Å²) in [5, 5.41) is 12.0. The van der Waals surface area contributed by atoms with Crippen molar-refractivity contribution in [1.82, 2.24) is 10.2 Å². The van der Waals surface area contributed by atoms with Gasteiger partial charge in [-0.2, -0.15) is 0 Å². The van der Waals surface area contributed by atoms with Gasteiger partial charge in [-0.25, -0.2) is 0 Å². The Balaban J connectivity index is 2.03. The molecule has 1 heterocycles. The summed E-state index contributed by atoms with van der Waals surface area (Å²) in [6.45, 7) is 5.11. The Morgan fingerprint density at radius 1 is 1.54 bits per heavy atom. The Labute approximate surface area is 81.1 Å². The zero-order chi connectivity index (χ0) is 9.52. The van der Waals surface area contributed by atoms with E-state index in [0.717, 1.165) is 18.9 Å². The van der Waals surface area contributed by atoms with Crippen molar-refractivity contribution in [2.24, 2.45) is 5.92 Å². The summed E-state index contributed by atoms with van der Waals surface area (Å²) in [7, 11) is 2.00. The van der Waals surface area contributed by atoms with Crippen LogP contribution in [0.25, 0.3) is 0 Å². The minimum atomic E-state index is 0.356. The van der Waals surface area contributed by atoms with Crippen LogP contribution in [0, 0.1) is 5.92 Å². The number of nitrogens with zero attached hydrogens (tertiary/aromatic N) is 1. The van der Waals surface area contributed by atoms with Gasteiger partial charge >= 0.3 is 0 Å². The van der Waals surface area contributed by atoms with Crippen molar-refractivity contribution < 1.29 is 5.11 Å². The Hall–Kier alpha value is -0.120. The first-order valence-corrected chi connectivity index (χ1v) is 5.34. The number of rotatable bonds is 6. The molecule has 1 saturated heterocycles. The van der Waals surface area contributed by atoms with Crippen LogP contribution in [-0.2, 0) is 0 Å². The predicted molar refractivity (Wildman–Crippen MR) is 54.8 cm³/mol. The van der Waals surface area contributed by atoms with Gasteiger partial charge in [-0.3, -0.25) is 0 Å². The van der Waals surface area contributed by atoms with Crippen molar-refractivity contribution in [2.45, 2.75) is 19.3 Å². The van der Waals surface area contributed by atoms with Crippen LogP contribution in [-0.4, -0.2) is 49.8 Å². The first-order valence-electron chi connectivity index (χ1n) is 5.34. The van der Waals surface area contributed by atoms with E-state index in [2.05, 4.69) is 10.2 Å². The highest BCUT2D eigenvalue weighted by Crippen LogP contribution is 2.18. The molecule has 2 N–H and O–H groups in total. The average molecular weight is 186 g/mol. The maximum absolute atomic E-state index is 8.80. The molecule has 0 amide bonds. The minimum absolute atomic E-state index is 0.356. The maximum atomic E-state index is 8.80. The standard InChI is InChI=1S/C10H22N2O/c1-11-5-2-6-12-7-3-10(9-12)4-8-13/h10-11,13H,2-9H2,1H3. The van der Waals surface area contributed by atoms with Gasteiger partial charge in [0.15, 0.2) is 0 Å². The third-order valence-corrected chi connectivity index (χ3v) is 2.81. The second kappa shape index (κ2) is 6.35. The van der Waals surface area contributed by atoms with E-state index in [1.165, 1.54) is 32.5 Å². The molecule has 0 aromatic rings. The summed E-state index contributed by atoms with van der Waals surface area (Å²) in [4.78, 5) is 2.51. The highest BCUT2D eigenvalue weighted by atomic mass is 16.3. The molecule has 0 radical (unpaired) electrons. The van der Waals surface area contributed by atoms with Crippen molar-refractivity contribution in [3.8, 4) is 0 Å². The number of aliphatic hydroxyl groups is 1. The monoisotopic (exact) mass is 186 g/mol.